The predicted molar refractivity (Wildman–Crippen MR) is 96.1 cm³/mol. The van der Waals surface area contributed by atoms with Crippen LogP contribution in [0.3, 0.4) is 0 Å². The number of hydrogen-bond donors (Lipinski definition) is 3. The summed E-state index contributed by atoms with van der Waals surface area (Å²) in [4.78, 5) is 36.0. The predicted octanol–water partition coefficient (Wildman–Crippen LogP) is -0.385. The Morgan fingerprint density at radius 2 is 2.26 bits per heavy atom. The number of aliphatic hydroxyl groups excluding tert-OH is 1. The summed E-state index contributed by atoms with van der Waals surface area (Å²) in [6.45, 7) is 2.45. The van der Waals surface area contributed by atoms with Gasteiger partial charge in [0.05, 0.1) is 12.2 Å². The fraction of sp³-hybridized carbons (Fsp3) is 0.529. The number of hydrogen-bond acceptors (Lipinski definition) is 7. The molecule has 27 heavy (non-hydrogen) atoms. The molecule has 1 aliphatic carbocycles. The lowest BCUT2D eigenvalue weighted by molar-refractivity contribution is -0.508. The zero-order valence-electron chi connectivity index (χ0n) is 14.8. The van der Waals surface area contributed by atoms with E-state index in [1.807, 2.05) is 6.08 Å². The van der Waals surface area contributed by atoms with Crippen molar-refractivity contribution in [2.45, 2.75) is 44.2 Å². The standard InChI is InChI=1S/C17H22N4O6/c1-10-9-20(17(24)19-16(10)23)15-6-13(22)14(27-15)8-18-7-11-2-4-12(5-3-11)21(25)26/h2-4,9,12-15,18,22H,5-8H2,1H3,(H,19,23,24)/t12?,13-,14+,15+/m0/s1. The van der Waals surface area contributed by atoms with Gasteiger partial charge in [-0.05, 0) is 18.6 Å². The van der Waals surface area contributed by atoms with E-state index in [0.29, 0.717) is 25.1 Å². The number of aromatic nitrogens is 2. The molecule has 0 saturated carbocycles. The van der Waals surface area contributed by atoms with Crippen LogP contribution in [0.5, 0.6) is 0 Å². The first-order valence-electron chi connectivity index (χ1n) is 8.72. The van der Waals surface area contributed by atoms with Crippen molar-refractivity contribution in [1.82, 2.24) is 14.9 Å². The van der Waals surface area contributed by atoms with Crippen LogP contribution in [0.1, 0.15) is 24.6 Å². The molecule has 1 fully saturated rings. The van der Waals surface area contributed by atoms with E-state index in [-0.39, 0.29) is 11.3 Å². The minimum atomic E-state index is -0.753. The van der Waals surface area contributed by atoms with Gasteiger partial charge in [-0.15, -0.1) is 0 Å². The van der Waals surface area contributed by atoms with Crippen molar-refractivity contribution in [2.75, 3.05) is 13.1 Å². The molecule has 10 nitrogen and oxygen atoms in total. The SMILES string of the molecule is Cc1cn([C@H]2C[C@H](O)[C@@H](CNCC3=CCC([N+](=O)[O-])C=C3)O2)c(=O)[nH]c1=O. The first-order valence-corrected chi connectivity index (χ1v) is 8.72. The van der Waals surface area contributed by atoms with Crippen LogP contribution in [-0.2, 0) is 4.74 Å². The Balaban J connectivity index is 1.53. The molecule has 3 N–H and O–H groups in total. The van der Waals surface area contributed by atoms with E-state index in [2.05, 4.69) is 10.3 Å². The van der Waals surface area contributed by atoms with E-state index >= 15 is 0 Å². The van der Waals surface area contributed by atoms with Gasteiger partial charge in [0.1, 0.15) is 6.23 Å². The number of H-pyrrole nitrogens is 1. The number of rotatable bonds is 6. The first-order chi connectivity index (χ1) is 12.8. The van der Waals surface area contributed by atoms with Gasteiger partial charge in [0.25, 0.3) is 5.56 Å². The van der Waals surface area contributed by atoms with Gasteiger partial charge in [0.15, 0.2) is 0 Å². The largest absolute Gasteiger partial charge is 0.390 e. The molecule has 0 aromatic carbocycles. The number of ether oxygens (including phenoxy) is 1. The molecular weight excluding hydrogens is 356 g/mol. The molecule has 1 aliphatic heterocycles. The molecule has 4 atom stereocenters. The van der Waals surface area contributed by atoms with Crippen molar-refractivity contribution in [1.29, 1.82) is 0 Å². The quantitative estimate of drug-likeness (QED) is 0.453. The van der Waals surface area contributed by atoms with Crippen LogP contribution in [0.15, 0.2) is 39.6 Å². The number of aryl methyl sites for hydroxylation is 1. The van der Waals surface area contributed by atoms with Crippen LogP contribution < -0.4 is 16.6 Å². The molecule has 3 rings (SSSR count). The summed E-state index contributed by atoms with van der Waals surface area (Å²) in [5, 5.41) is 24.1. The first kappa shape index (κ1) is 19.2. The van der Waals surface area contributed by atoms with Crippen molar-refractivity contribution in [2.24, 2.45) is 0 Å². The highest BCUT2D eigenvalue weighted by molar-refractivity contribution is 5.25. The molecule has 0 radical (unpaired) electrons. The van der Waals surface area contributed by atoms with Crippen molar-refractivity contribution in [3.8, 4) is 0 Å². The van der Waals surface area contributed by atoms with Gasteiger partial charge in [-0.1, -0.05) is 12.2 Å². The molecule has 0 amide bonds. The molecule has 146 valence electrons. The Hall–Kier alpha value is -2.56. The smallest absolute Gasteiger partial charge is 0.330 e. The summed E-state index contributed by atoms with van der Waals surface area (Å²) < 4.78 is 7.06. The maximum atomic E-state index is 12.0. The number of nitrogens with zero attached hydrogens (tertiary/aromatic N) is 2. The van der Waals surface area contributed by atoms with Gasteiger partial charge in [-0.25, -0.2) is 4.79 Å². The summed E-state index contributed by atoms with van der Waals surface area (Å²) >= 11 is 0. The fourth-order valence-electron chi connectivity index (χ4n) is 3.17. The van der Waals surface area contributed by atoms with Gasteiger partial charge in [-0.3, -0.25) is 24.5 Å². The maximum absolute atomic E-state index is 12.0. The molecule has 0 spiro atoms. The van der Waals surface area contributed by atoms with Crippen molar-refractivity contribution < 1.29 is 14.8 Å². The molecule has 1 aromatic rings. The molecule has 1 aromatic heterocycles. The van der Waals surface area contributed by atoms with Crippen molar-refractivity contribution in [3.63, 3.8) is 0 Å². The highest BCUT2D eigenvalue weighted by Crippen LogP contribution is 2.27. The van der Waals surface area contributed by atoms with E-state index in [4.69, 9.17) is 4.74 Å². The topological polar surface area (TPSA) is 139 Å². The number of nitrogens with one attached hydrogen (secondary N) is 2. The Kier molecular flexibility index (Phi) is 5.68. The average Bonchev–Trinajstić information content (AvgIpc) is 2.99. The monoisotopic (exact) mass is 378 g/mol. The highest BCUT2D eigenvalue weighted by Gasteiger charge is 2.35. The lowest BCUT2D eigenvalue weighted by atomic mass is 10.0. The van der Waals surface area contributed by atoms with Gasteiger partial charge in [0.2, 0.25) is 6.04 Å². The Morgan fingerprint density at radius 1 is 1.48 bits per heavy atom. The summed E-state index contributed by atoms with van der Waals surface area (Å²) in [6.07, 6.45) is 5.23. The molecule has 2 heterocycles. The minimum absolute atomic E-state index is 0.241. The van der Waals surface area contributed by atoms with E-state index in [9.17, 15) is 24.8 Å². The number of nitro groups is 1. The highest BCUT2D eigenvalue weighted by atomic mass is 16.6. The number of aromatic amines is 1. The third kappa shape index (κ3) is 4.41. The van der Waals surface area contributed by atoms with Crippen molar-refractivity contribution in [3.05, 3.63) is 66.5 Å². The fourth-order valence-corrected chi connectivity index (χ4v) is 3.17. The lowest BCUT2D eigenvalue weighted by Gasteiger charge is -2.17. The Morgan fingerprint density at radius 3 is 2.93 bits per heavy atom. The second-order valence-electron chi connectivity index (χ2n) is 6.77. The third-order valence-electron chi connectivity index (χ3n) is 4.76. The summed E-state index contributed by atoms with van der Waals surface area (Å²) in [6, 6.07) is -0.673. The van der Waals surface area contributed by atoms with Crippen LogP contribution in [0.25, 0.3) is 0 Å². The third-order valence-corrected chi connectivity index (χ3v) is 4.76. The van der Waals surface area contributed by atoms with E-state index in [0.717, 1.165) is 5.57 Å². The summed E-state index contributed by atoms with van der Waals surface area (Å²) in [5.41, 5.74) is 0.304. The van der Waals surface area contributed by atoms with Gasteiger partial charge in [0, 0.05) is 42.6 Å². The molecule has 1 saturated heterocycles. The Bertz CT molecular complexity index is 886. The molecule has 1 unspecified atom stereocenters. The van der Waals surface area contributed by atoms with Crippen LogP contribution in [0, 0.1) is 17.0 Å². The minimum Gasteiger partial charge on any atom is -0.390 e. The van der Waals surface area contributed by atoms with Crippen LogP contribution in [-0.4, -0.2) is 50.9 Å². The van der Waals surface area contributed by atoms with Gasteiger partial charge >= 0.3 is 5.69 Å². The van der Waals surface area contributed by atoms with E-state index in [1.54, 1.807) is 19.1 Å². The van der Waals surface area contributed by atoms with E-state index in [1.165, 1.54) is 10.8 Å². The van der Waals surface area contributed by atoms with E-state index < -0.39 is 35.7 Å². The second kappa shape index (κ2) is 7.99. The second-order valence-corrected chi connectivity index (χ2v) is 6.77. The molecule has 0 bridgehead atoms. The van der Waals surface area contributed by atoms with Gasteiger partial charge < -0.3 is 15.2 Å². The van der Waals surface area contributed by atoms with Crippen molar-refractivity contribution >= 4 is 0 Å². The molecule has 2 aliphatic rings. The molecular formula is C17H22N4O6. The van der Waals surface area contributed by atoms with Crippen LogP contribution in [0.4, 0.5) is 0 Å². The zero-order chi connectivity index (χ0) is 19.6. The Labute approximate surface area is 154 Å². The van der Waals surface area contributed by atoms with Crippen LogP contribution >= 0.6 is 0 Å². The maximum Gasteiger partial charge on any atom is 0.330 e. The lowest BCUT2D eigenvalue weighted by Crippen LogP contribution is -2.35. The number of aliphatic hydroxyl groups is 1. The van der Waals surface area contributed by atoms with Crippen LogP contribution in [0.2, 0.25) is 0 Å². The normalized spacial score (nSPS) is 27.6. The summed E-state index contributed by atoms with van der Waals surface area (Å²) in [7, 11) is 0. The summed E-state index contributed by atoms with van der Waals surface area (Å²) in [5.74, 6) is 0. The zero-order valence-corrected chi connectivity index (χ0v) is 14.8. The van der Waals surface area contributed by atoms with Gasteiger partial charge in [-0.2, -0.15) is 0 Å². The average molecular weight is 378 g/mol. The molecule has 10 heteroatoms.